The highest BCUT2D eigenvalue weighted by molar-refractivity contribution is 9.10. The van der Waals surface area contributed by atoms with Gasteiger partial charge in [0.15, 0.2) is 0 Å². The van der Waals surface area contributed by atoms with Gasteiger partial charge in [0, 0.05) is 19.5 Å². The molecule has 0 saturated heterocycles. The molecule has 5 heteroatoms. The number of aryl methyl sites for hydroxylation is 1. The summed E-state index contributed by atoms with van der Waals surface area (Å²) in [5.41, 5.74) is 4.85. The van der Waals surface area contributed by atoms with Gasteiger partial charge in [0.25, 0.3) is 0 Å². The molecule has 4 nitrogen and oxygen atoms in total. The summed E-state index contributed by atoms with van der Waals surface area (Å²) in [7, 11) is 2.03. The first-order chi connectivity index (χ1) is 9.72. The Bertz CT molecular complexity index is 782. The van der Waals surface area contributed by atoms with Crippen LogP contribution >= 0.6 is 15.9 Å². The predicted octanol–water partition coefficient (Wildman–Crippen LogP) is 3.46. The van der Waals surface area contributed by atoms with Crippen LogP contribution in [0.2, 0.25) is 0 Å². The summed E-state index contributed by atoms with van der Waals surface area (Å²) in [5, 5.41) is 0. The van der Waals surface area contributed by atoms with Crippen molar-refractivity contribution in [2.45, 2.75) is 25.3 Å². The van der Waals surface area contributed by atoms with E-state index < -0.39 is 0 Å². The molecule has 2 heterocycles. The van der Waals surface area contributed by atoms with E-state index in [1.54, 1.807) is 0 Å². The second kappa shape index (κ2) is 4.45. The van der Waals surface area contributed by atoms with Gasteiger partial charge in [0.1, 0.15) is 4.60 Å². The zero-order chi connectivity index (χ0) is 13.7. The van der Waals surface area contributed by atoms with Crippen LogP contribution in [-0.4, -0.2) is 19.1 Å². The Labute approximate surface area is 125 Å². The first-order valence-corrected chi connectivity index (χ1v) is 7.62. The van der Waals surface area contributed by atoms with Crippen LogP contribution in [-0.2, 0) is 13.6 Å². The summed E-state index contributed by atoms with van der Waals surface area (Å²) in [4.78, 5) is 8.77. The largest absolute Gasteiger partial charge is 0.334 e. The monoisotopic (exact) mass is 330 g/mol. The number of aromatic nitrogens is 4. The minimum Gasteiger partial charge on any atom is -0.334 e. The number of hydrogen-bond donors (Lipinski definition) is 0. The molecule has 4 rings (SSSR count). The molecule has 1 fully saturated rings. The second-order valence-corrected chi connectivity index (χ2v) is 6.25. The number of halogens is 1. The zero-order valence-electron chi connectivity index (χ0n) is 11.3. The highest BCUT2D eigenvalue weighted by atomic mass is 79.9. The summed E-state index contributed by atoms with van der Waals surface area (Å²) in [6.45, 7) is 0.867. The summed E-state index contributed by atoms with van der Waals surface area (Å²) in [6.07, 6.45) is 6.36. The maximum Gasteiger partial charge on any atom is 0.127 e. The molecule has 0 aliphatic heterocycles. The third kappa shape index (κ3) is 1.97. The molecule has 1 aliphatic rings. The third-order valence-corrected chi connectivity index (χ3v) is 4.55. The van der Waals surface area contributed by atoms with Crippen molar-refractivity contribution in [1.29, 1.82) is 0 Å². The molecule has 1 aromatic carbocycles. The normalized spacial score (nSPS) is 15.1. The highest BCUT2D eigenvalue weighted by Gasteiger charge is 2.29. The van der Waals surface area contributed by atoms with Crippen molar-refractivity contribution >= 4 is 27.0 Å². The number of hydrogen-bond acceptors (Lipinski definition) is 2. The van der Waals surface area contributed by atoms with Crippen LogP contribution in [0.1, 0.15) is 30.0 Å². The van der Waals surface area contributed by atoms with Gasteiger partial charge in [0.05, 0.1) is 29.4 Å². The van der Waals surface area contributed by atoms with Gasteiger partial charge >= 0.3 is 0 Å². The fourth-order valence-corrected chi connectivity index (χ4v) is 3.36. The van der Waals surface area contributed by atoms with Crippen LogP contribution in [0.5, 0.6) is 0 Å². The Balaban J connectivity index is 1.71. The molecule has 0 N–H and O–H groups in total. The molecule has 3 aromatic rings. The lowest BCUT2D eigenvalue weighted by atomic mass is 10.2. The fourth-order valence-electron chi connectivity index (χ4n) is 2.72. The van der Waals surface area contributed by atoms with E-state index >= 15 is 0 Å². The van der Waals surface area contributed by atoms with Gasteiger partial charge in [-0.3, -0.25) is 0 Å². The lowest BCUT2D eigenvalue weighted by molar-refractivity contribution is 0.741. The molecule has 0 unspecified atom stereocenters. The van der Waals surface area contributed by atoms with Crippen molar-refractivity contribution in [3.8, 4) is 0 Å². The van der Waals surface area contributed by atoms with E-state index in [0.717, 1.165) is 16.7 Å². The molecule has 0 radical (unpaired) electrons. The number of nitrogens with zero attached hydrogens (tertiary/aromatic N) is 4. The van der Waals surface area contributed by atoms with E-state index in [1.807, 2.05) is 19.7 Å². The van der Waals surface area contributed by atoms with E-state index in [0.29, 0.717) is 5.92 Å². The van der Waals surface area contributed by atoms with Gasteiger partial charge in [-0.25, -0.2) is 9.97 Å². The zero-order valence-corrected chi connectivity index (χ0v) is 12.8. The van der Waals surface area contributed by atoms with E-state index in [4.69, 9.17) is 0 Å². The summed E-state index contributed by atoms with van der Waals surface area (Å²) in [5.74, 6) is 0.687. The summed E-state index contributed by atoms with van der Waals surface area (Å²) >= 11 is 3.57. The molecule has 102 valence electrons. The Morgan fingerprint density at radius 2 is 2.10 bits per heavy atom. The SMILES string of the molecule is Cn1cnc2ccc(Cn3cnc(Br)c3C3CC3)cc21. The standard InChI is InChI=1S/C15H15BrN4/c1-19-8-17-12-5-2-10(6-13(12)19)7-20-9-18-15(16)14(20)11-3-4-11/h2,5-6,8-9,11H,3-4,7H2,1H3. The Kier molecular flexibility index (Phi) is 2.70. The van der Waals surface area contributed by atoms with Gasteiger partial charge in [-0.15, -0.1) is 0 Å². The average molecular weight is 331 g/mol. The smallest absolute Gasteiger partial charge is 0.127 e. The van der Waals surface area contributed by atoms with Crippen LogP contribution < -0.4 is 0 Å². The minimum absolute atomic E-state index is 0.687. The summed E-state index contributed by atoms with van der Waals surface area (Å²) < 4.78 is 5.32. The number of rotatable bonds is 3. The van der Waals surface area contributed by atoms with Gasteiger partial charge in [-0.05, 0) is 46.5 Å². The fraction of sp³-hybridized carbons (Fsp3) is 0.333. The quantitative estimate of drug-likeness (QED) is 0.737. The molecule has 0 atom stereocenters. The predicted molar refractivity (Wildman–Crippen MR) is 81.7 cm³/mol. The first-order valence-electron chi connectivity index (χ1n) is 6.83. The molecule has 0 amide bonds. The lowest BCUT2D eigenvalue weighted by Crippen LogP contribution is -2.02. The molecule has 20 heavy (non-hydrogen) atoms. The van der Waals surface area contributed by atoms with Crippen molar-refractivity contribution < 1.29 is 0 Å². The van der Waals surface area contributed by atoms with Gasteiger partial charge in [-0.1, -0.05) is 6.07 Å². The molecule has 1 aliphatic carbocycles. The number of imidazole rings is 2. The Morgan fingerprint density at radius 1 is 1.25 bits per heavy atom. The van der Waals surface area contributed by atoms with Gasteiger partial charge < -0.3 is 9.13 Å². The first kappa shape index (κ1) is 12.1. The van der Waals surface area contributed by atoms with Crippen LogP contribution in [0.4, 0.5) is 0 Å². The average Bonchev–Trinajstić information content (AvgIpc) is 3.13. The van der Waals surface area contributed by atoms with E-state index in [9.17, 15) is 0 Å². The van der Waals surface area contributed by atoms with E-state index in [2.05, 4.69) is 53.2 Å². The van der Waals surface area contributed by atoms with Crippen molar-refractivity contribution in [3.05, 3.63) is 46.7 Å². The van der Waals surface area contributed by atoms with Crippen LogP contribution in [0.25, 0.3) is 11.0 Å². The molecule has 1 saturated carbocycles. The highest BCUT2D eigenvalue weighted by Crippen LogP contribution is 2.43. The van der Waals surface area contributed by atoms with Crippen molar-refractivity contribution in [2.24, 2.45) is 7.05 Å². The Hall–Kier alpha value is -1.62. The van der Waals surface area contributed by atoms with Crippen LogP contribution in [0.15, 0.2) is 35.5 Å². The van der Waals surface area contributed by atoms with Crippen molar-refractivity contribution in [3.63, 3.8) is 0 Å². The maximum absolute atomic E-state index is 4.41. The second-order valence-electron chi connectivity index (χ2n) is 5.50. The number of benzene rings is 1. The Morgan fingerprint density at radius 3 is 2.90 bits per heavy atom. The third-order valence-electron chi connectivity index (χ3n) is 3.94. The molecule has 0 spiro atoms. The van der Waals surface area contributed by atoms with Crippen molar-refractivity contribution in [2.75, 3.05) is 0 Å². The van der Waals surface area contributed by atoms with Crippen LogP contribution in [0, 0.1) is 0 Å². The van der Waals surface area contributed by atoms with E-state index in [1.165, 1.54) is 29.6 Å². The van der Waals surface area contributed by atoms with Crippen LogP contribution in [0.3, 0.4) is 0 Å². The van der Waals surface area contributed by atoms with Gasteiger partial charge in [0.2, 0.25) is 0 Å². The maximum atomic E-state index is 4.41. The molecular formula is C15H15BrN4. The van der Waals surface area contributed by atoms with Crippen molar-refractivity contribution in [1.82, 2.24) is 19.1 Å². The lowest BCUT2D eigenvalue weighted by Gasteiger charge is -2.08. The minimum atomic E-state index is 0.687. The van der Waals surface area contributed by atoms with E-state index in [-0.39, 0.29) is 0 Å². The number of fused-ring (bicyclic) bond motifs is 1. The summed E-state index contributed by atoms with van der Waals surface area (Å²) in [6, 6.07) is 6.46. The molecule has 0 bridgehead atoms. The van der Waals surface area contributed by atoms with Gasteiger partial charge in [-0.2, -0.15) is 0 Å². The molecular weight excluding hydrogens is 316 g/mol. The topological polar surface area (TPSA) is 35.6 Å². The molecule has 2 aromatic heterocycles.